The van der Waals surface area contributed by atoms with Gasteiger partial charge in [0, 0.05) is 31.0 Å². The average molecular weight is 257 g/mol. The first kappa shape index (κ1) is 11.7. The maximum Gasteiger partial charge on any atom is 0.357 e. The van der Waals surface area contributed by atoms with Crippen molar-refractivity contribution in [3.8, 4) is 11.5 Å². The molecule has 0 bridgehead atoms. The van der Waals surface area contributed by atoms with E-state index < -0.39 is 5.97 Å². The Kier molecular flexibility index (Phi) is 2.88. The average Bonchev–Trinajstić information content (AvgIpc) is 2.94. The monoisotopic (exact) mass is 257 g/mol. The highest BCUT2D eigenvalue weighted by molar-refractivity contribution is 5.89. The highest BCUT2D eigenvalue weighted by Gasteiger charge is 2.24. The van der Waals surface area contributed by atoms with E-state index in [4.69, 9.17) is 4.74 Å². The van der Waals surface area contributed by atoms with E-state index in [1.807, 2.05) is 0 Å². The van der Waals surface area contributed by atoms with E-state index >= 15 is 0 Å². The Morgan fingerprint density at radius 2 is 2.21 bits per heavy atom. The van der Waals surface area contributed by atoms with Gasteiger partial charge in [0.15, 0.2) is 11.5 Å². The summed E-state index contributed by atoms with van der Waals surface area (Å²) >= 11 is 0. The lowest BCUT2D eigenvalue weighted by atomic mass is 10.2. The molecule has 19 heavy (non-hydrogen) atoms. The number of nitrogens with zero attached hydrogens (tertiary/aromatic N) is 4. The van der Waals surface area contributed by atoms with Crippen molar-refractivity contribution in [1.29, 1.82) is 0 Å². The van der Waals surface area contributed by atoms with E-state index in [9.17, 15) is 4.79 Å². The number of ether oxygens (including phenoxy) is 1. The first-order chi connectivity index (χ1) is 9.29. The van der Waals surface area contributed by atoms with Crippen LogP contribution in [0.2, 0.25) is 0 Å². The third kappa shape index (κ3) is 2.04. The number of carbonyl (C=O) groups excluding carboxylic acids is 1. The van der Waals surface area contributed by atoms with Gasteiger partial charge in [-0.15, -0.1) is 0 Å². The number of aromatic nitrogens is 4. The first-order valence-electron chi connectivity index (χ1n) is 5.75. The SMILES string of the molecule is COC(=O)c1nc(-c2cnccn2)nc2c1CNC2. The van der Waals surface area contributed by atoms with Crippen LogP contribution >= 0.6 is 0 Å². The van der Waals surface area contributed by atoms with Crippen LogP contribution in [0.1, 0.15) is 21.7 Å². The number of hydrogen-bond donors (Lipinski definition) is 1. The molecule has 7 nitrogen and oxygen atoms in total. The number of esters is 1. The number of hydrogen-bond acceptors (Lipinski definition) is 7. The molecule has 3 heterocycles. The Hall–Kier alpha value is -2.41. The second-order valence-corrected chi connectivity index (χ2v) is 4.01. The van der Waals surface area contributed by atoms with Gasteiger partial charge in [-0.05, 0) is 0 Å². The normalized spacial score (nSPS) is 13.1. The lowest BCUT2D eigenvalue weighted by molar-refractivity contribution is 0.0592. The summed E-state index contributed by atoms with van der Waals surface area (Å²) in [5.41, 5.74) is 2.41. The minimum absolute atomic E-state index is 0.290. The number of nitrogens with one attached hydrogen (secondary N) is 1. The zero-order chi connectivity index (χ0) is 13.2. The zero-order valence-electron chi connectivity index (χ0n) is 10.3. The van der Waals surface area contributed by atoms with Gasteiger partial charge in [-0.3, -0.25) is 4.98 Å². The van der Waals surface area contributed by atoms with Crippen molar-refractivity contribution in [1.82, 2.24) is 25.3 Å². The van der Waals surface area contributed by atoms with Gasteiger partial charge in [-0.25, -0.2) is 19.7 Å². The lowest BCUT2D eigenvalue weighted by Crippen LogP contribution is -2.12. The van der Waals surface area contributed by atoms with Crippen molar-refractivity contribution in [3.63, 3.8) is 0 Å². The molecular weight excluding hydrogens is 246 g/mol. The Balaban J connectivity index is 2.15. The smallest absolute Gasteiger partial charge is 0.357 e. The Labute approximate surface area is 109 Å². The quantitative estimate of drug-likeness (QED) is 0.775. The fourth-order valence-corrected chi connectivity index (χ4v) is 1.96. The van der Waals surface area contributed by atoms with Crippen LogP contribution in [0.3, 0.4) is 0 Å². The van der Waals surface area contributed by atoms with Crippen LogP contribution in [0.25, 0.3) is 11.5 Å². The summed E-state index contributed by atoms with van der Waals surface area (Å²) in [6.07, 6.45) is 4.69. The van der Waals surface area contributed by atoms with E-state index in [-0.39, 0.29) is 5.69 Å². The van der Waals surface area contributed by atoms with Gasteiger partial charge in [-0.2, -0.15) is 0 Å². The molecule has 0 atom stereocenters. The molecule has 0 radical (unpaired) electrons. The largest absolute Gasteiger partial charge is 0.464 e. The van der Waals surface area contributed by atoms with E-state index in [0.717, 1.165) is 11.3 Å². The zero-order valence-corrected chi connectivity index (χ0v) is 10.3. The number of carbonyl (C=O) groups is 1. The maximum atomic E-state index is 11.8. The molecule has 2 aromatic heterocycles. The van der Waals surface area contributed by atoms with Gasteiger partial charge in [0.05, 0.1) is 19.0 Å². The van der Waals surface area contributed by atoms with Crippen LogP contribution in [-0.2, 0) is 17.8 Å². The Morgan fingerprint density at radius 3 is 2.95 bits per heavy atom. The Morgan fingerprint density at radius 1 is 1.32 bits per heavy atom. The fourth-order valence-electron chi connectivity index (χ4n) is 1.96. The standard InChI is InChI=1S/C12H11N5O2/c1-19-12(18)10-7-4-14-5-8(7)16-11(17-10)9-6-13-2-3-15-9/h2-3,6,14H,4-5H2,1H3. The van der Waals surface area contributed by atoms with E-state index in [1.54, 1.807) is 18.6 Å². The molecule has 3 rings (SSSR count). The van der Waals surface area contributed by atoms with Gasteiger partial charge in [0.1, 0.15) is 5.69 Å². The molecule has 0 spiro atoms. The number of methoxy groups -OCH3 is 1. The second-order valence-electron chi connectivity index (χ2n) is 4.01. The maximum absolute atomic E-state index is 11.8. The highest BCUT2D eigenvalue weighted by atomic mass is 16.5. The van der Waals surface area contributed by atoms with Crippen molar-refractivity contribution < 1.29 is 9.53 Å². The first-order valence-corrected chi connectivity index (χ1v) is 5.75. The Bertz CT molecular complexity index is 630. The summed E-state index contributed by atoms with van der Waals surface area (Å²) in [6, 6.07) is 0. The second kappa shape index (κ2) is 4.69. The van der Waals surface area contributed by atoms with Crippen molar-refractivity contribution in [3.05, 3.63) is 35.5 Å². The molecule has 1 N–H and O–H groups in total. The molecule has 0 aromatic carbocycles. The summed E-state index contributed by atoms with van der Waals surface area (Å²) in [5.74, 6) is -0.0801. The van der Waals surface area contributed by atoms with Gasteiger partial charge in [0.25, 0.3) is 0 Å². The van der Waals surface area contributed by atoms with Crippen molar-refractivity contribution >= 4 is 5.97 Å². The molecule has 1 aliphatic rings. The molecular formula is C12H11N5O2. The van der Waals surface area contributed by atoms with Crippen LogP contribution in [0.4, 0.5) is 0 Å². The van der Waals surface area contributed by atoms with Crippen LogP contribution < -0.4 is 5.32 Å². The van der Waals surface area contributed by atoms with Gasteiger partial charge in [-0.1, -0.05) is 0 Å². The van der Waals surface area contributed by atoms with Crippen LogP contribution in [0.5, 0.6) is 0 Å². The van der Waals surface area contributed by atoms with Crippen LogP contribution in [0.15, 0.2) is 18.6 Å². The summed E-state index contributed by atoms with van der Waals surface area (Å²) in [5, 5.41) is 3.14. The molecule has 0 amide bonds. The molecule has 7 heteroatoms. The van der Waals surface area contributed by atoms with E-state index in [1.165, 1.54) is 7.11 Å². The van der Waals surface area contributed by atoms with E-state index in [2.05, 4.69) is 25.3 Å². The molecule has 0 aliphatic carbocycles. The summed E-state index contributed by atoms with van der Waals surface area (Å²) in [6.45, 7) is 1.18. The molecule has 96 valence electrons. The third-order valence-electron chi connectivity index (χ3n) is 2.86. The van der Waals surface area contributed by atoms with E-state index in [0.29, 0.717) is 24.6 Å². The molecule has 2 aromatic rings. The minimum Gasteiger partial charge on any atom is -0.464 e. The van der Waals surface area contributed by atoms with Crippen LogP contribution in [0, 0.1) is 0 Å². The number of rotatable bonds is 2. The highest BCUT2D eigenvalue weighted by Crippen LogP contribution is 2.21. The van der Waals surface area contributed by atoms with Gasteiger partial charge < -0.3 is 10.1 Å². The molecule has 1 aliphatic heterocycles. The van der Waals surface area contributed by atoms with Crippen molar-refractivity contribution in [2.24, 2.45) is 0 Å². The van der Waals surface area contributed by atoms with Gasteiger partial charge >= 0.3 is 5.97 Å². The minimum atomic E-state index is -0.465. The topological polar surface area (TPSA) is 89.9 Å². The van der Waals surface area contributed by atoms with Crippen molar-refractivity contribution in [2.75, 3.05) is 7.11 Å². The molecule has 0 unspecified atom stereocenters. The predicted octanol–water partition coefficient (Wildman–Crippen LogP) is 0.323. The predicted molar refractivity (Wildman–Crippen MR) is 64.9 cm³/mol. The number of fused-ring (bicyclic) bond motifs is 1. The summed E-state index contributed by atoms with van der Waals surface area (Å²) in [4.78, 5) is 28.6. The lowest BCUT2D eigenvalue weighted by Gasteiger charge is -2.07. The molecule has 0 saturated heterocycles. The third-order valence-corrected chi connectivity index (χ3v) is 2.86. The molecule has 0 fully saturated rings. The van der Waals surface area contributed by atoms with Gasteiger partial charge in [0.2, 0.25) is 0 Å². The molecule has 0 saturated carbocycles. The van der Waals surface area contributed by atoms with Crippen molar-refractivity contribution in [2.45, 2.75) is 13.1 Å². The van der Waals surface area contributed by atoms with Crippen LogP contribution in [-0.4, -0.2) is 33.0 Å². The fraction of sp³-hybridized carbons (Fsp3) is 0.250. The summed E-state index contributed by atoms with van der Waals surface area (Å²) < 4.78 is 4.76. The summed E-state index contributed by atoms with van der Waals surface area (Å²) in [7, 11) is 1.33.